The van der Waals surface area contributed by atoms with Gasteiger partial charge in [-0.1, -0.05) is 36.5 Å². The maximum atomic E-state index is 10.0. The van der Waals surface area contributed by atoms with E-state index in [-0.39, 0.29) is 10.7 Å². The van der Waals surface area contributed by atoms with Crippen molar-refractivity contribution in [1.29, 1.82) is 0 Å². The number of anilines is 1. The zero-order valence-electron chi connectivity index (χ0n) is 20.4. The zero-order valence-corrected chi connectivity index (χ0v) is 21.3. The highest BCUT2D eigenvalue weighted by atomic mass is 32.2. The van der Waals surface area contributed by atoms with Crippen molar-refractivity contribution in [2.24, 2.45) is 5.41 Å². The Balaban J connectivity index is 1.82. The van der Waals surface area contributed by atoms with E-state index in [1.807, 2.05) is 30.1 Å². The first kappa shape index (κ1) is 23.7. The summed E-state index contributed by atoms with van der Waals surface area (Å²) in [6.45, 7) is 13.2. The summed E-state index contributed by atoms with van der Waals surface area (Å²) in [5, 5.41) is 19.0. The van der Waals surface area contributed by atoms with Crippen molar-refractivity contribution in [2.45, 2.75) is 71.4 Å². The summed E-state index contributed by atoms with van der Waals surface area (Å²) in [7, 11) is 0. The monoisotopic (exact) mass is 462 g/mol. The number of aryl methyl sites for hydroxylation is 1. The minimum absolute atomic E-state index is 0.0871. The maximum absolute atomic E-state index is 10.0. The Morgan fingerprint density at radius 3 is 2.79 bits per heavy atom. The second kappa shape index (κ2) is 9.04. The Morgan fingerprint density at radius 2 is 2.15 bits per heavy atom. The lowest BCUT2D eigenvalue weighted by Crippen LogP contribution is -2.27. The first-order valence-electron chi connectivity index (χ1n) is 11.7. The number of thioether (sulfide) groups is 1. The molecule has 0 radical (unpaired) electrons. The Kier molecular flexibility index (Phi) is 6.48. The van der Waals surface area contributed by atoms with E-state index in [9.17, 15) is 5.11 Å². The summed E-state index contributed by atoms with van der Waals surface area (Å²) in [6, 6.07) is 6.37. The molecule has 174 valence electrons. The lowest BCUT2D eigenvalue weighted by Gasteiger charge is -2.39. The number of rotatable bonds is 3. The first-order chi connectivity index (χ1) is 15.6. The van der Waals surface area contributed by atoms with Gasteiger partial charge < -0.3 is 10.4 Å². The van der Waals surface area contributed by atoms with Crippen molar-refractivity contribution in [3.8, 4) is 23.2 Å². The van der Waals surface area contributed by atoms with Crippen LogP contribution in [0.15, 0.2) is 47.7 Å². The van der Waals surface area contributed by atoms with Gasteiger partial charge in [-0.2, -0.15) is 16.9 Å². The van der Waals surface area contributed by atoms with E-state index in [4.69, 9.17) is 5.10 Å². The second-order valence-electron chi connectivity index (χ2n) is 9.82. The van der Waals surface area contributed by atoms with Gasteiger partial charge in [0.05, 0.1) is 5.69 Å². The number of hydrogen-bond donors (Lipinski definition) is 2. The van der Waals surface area contributed by atoms with E-state index >= 15 is 0 Å². The molecule has 0 amide bonds. The standard InChI is InChI=1S/C27H34N4OS/c1-7-31-25-22(23(30-31)21-10-8-9-15-28-21)24(33-17-19(3)29-25)27(6)14-12-20(16-18(27)2)11-13-26(4,5)32/h8-10,12,15-16,19,24,29,32H,7,14,17H2,1-6H3. The van der Waals surface area contributed by atoms with Crippen molar-refractivity contribution >= 4 is 17.6 Å². The van der Waals surface area contributed by atoms with E-state index in [2.05, 4.69) is 72.7 Å². The van der Waals surface area contributed by atoms with Crippen molar-refractivity contribution in [3.05, 3.63) is 53.3 Å². The molecule has 0 saturated carbocycles. The molecule has 4 rings (SSSR count). The molecule has 2 aromatic rings. The van der Waals surface area contributed by atoms with E-state index in [0.29, 0.717) is 6.04 Å². The molecule has 6 heteroatoms. The number of hydrogen-bond acceptors (Lipinski definition) is 5. The number of pyridine rings is 1. The fourth-order valence-electron chi connectivity index (χ4n) is 4.46. The van der Waals surface area contributed by atoms with Gasteiger partial charge in [-0.15, -0.1) is 0 Å². The molecule has 2 aliphatic rings. The van der Waals surface area contributed by atoms with E-state index in [0.717, 1.165) is 41.5 Å². The average Bonchev–Trinajstić information content (AvgIpc) is 3.03. The molecule has 0 fully saturated rings. The predicted octanol–water partition coefficient (Wildman–Crippen LogP) is 5.61. The second-order valence-corrected chi connectivity index (χ2v) is 11.0. The van der Waals surface area contributed by atoms with Crippen LogP contribution in [0.25, 0.3) is 11.4 Å². The molecule has 5 nitrogen and oxygen atoms in total. The van der Waals surface area contributed by atoms with Crippen LogP contribution in [-0.2, 0) is 6.54 Å². The van der Waals surface area contributed by atoms with Crippen LogP contribution in [0.5, 0.6) is 0 Å². The third-order valence-corrected chi connectivity index (χ3v) is 8.25. The number of nitrogens with one attached hydrogen (secondary N) is 1. The highest BCUT2D eigenvalue weighted by Gasteiger charge is 2.43. The van der Waals surface area contributed by atoms with Crippen molar-refractivity contribution < 1.29 is 5.11 Å². The molecular weight excluding hydrogens is 428 g/mol. The van der Waals surface area contributed by atoms with Gasteiger partial charge in [0, 0.05) is 46.3 Å². The molecule has 3 atom stereocenters. The van der Waals surface area contributed by atoms with Gasteiger partial charge in [0.15, 0.2) is 0 Å². The molecular formula is C27H34N4OS. The molecule has 33 heavy (non-hydrogen) atoms. The van der Waals surface area contributed by atoms with Crippen LogP contribution >= 0.6 is 11.8 Å². The lowest BCUT2D eigenvalue weighted by atomic mass is 9.71. The van der Waals surface area contributed by atoms with Crippen LogP contribution in [0, 0.1) is 17.3 Å². The smallest absolute Gasteiger partial charge is 0.129 e. The summed E-state index contributed by atoms with van der Waals surface area (Å²) in [5.41, 5.74) is 4.33. The largest absolute Gasteiger partial charge is 0.378 e. The average molecular weight is 463 g/mol. The Bertz CT molecular complexity index is 1150. The summed E-state index contributed by atoms with van der Waals surface area (Å²) >= 11 is 2.01. The van der Waals surface area contributed by atoms with Gasteiger partial charge in [0.25, 0.3) is 0 Å². The molecule has 0 aromatic carbocycles. The van der Waals surface area contributed by atoms with E-state index < -0.39 is 5.60 Å². The van der Waals surface area contributed by atoms with Crippen molar-refractivity contribution in [1.82, 2.24) is 14.8 Å². The predicted molar refractivity (Wildman–Crippen MR) is 138 cm³/mol. The fraction of sp³-hybridized carbons (Fsp3) is 0.481. The quantitative estimate of drug-likeness (QED) is 0.581. The van der Waals surface area contributed by atoms with Crippen molar-refractivity contribution in [3.63, 3.8) is 0 Å². The third-order valence-electron chi connectivity index (χ3n) is 6.46. The fourth-order valence-corrected chi connectivity index (χ4v) is 6.07. The number of aromatic nitrogens is 3. The van der Waals surface area contributed by atoms with Crippen molar-refractivity contribution in [2.75, 3.05) is 11.1 Å². The van der Waals surface area contributed by atoms with Gasteiger partial charge >= 0.3 is 0 Å². The summed E-state index contributed by atoms with van der Waals surface area (Å²) in [4.78, 5) is 4.65. The summed E-state index contributed by atoms with van der Waals surface area (Å²) in [6.07, 6.45) is 7.13. The number of fused-ring (bicyclic) bond motifs is 1. The van der Waals surface area contributed by atoms with Gasteiger partial charge in [-0.25, -0.2) is 4.68 Å². The zero-order chi connectivity index (χ0) is 23.8. The minimum Gasteiger partial charge on any atom is -0.378 e. The Hall–Kier alpha value is -2.49. The maximum Gasteiger partial charge on any atom is 0.129 e. The van der Waals surface area contributed by atoms with Crippen LogP contribution in [0.4, 0.5) is 5.82 Å². The van der Waals surface area contributed by atoms with Gasteiger partial charge in [-0.3, -0.25) is 4.98 Å². The Morgan fingerprint density at radius 1 is 1.36 bits per heavy atom. The summed E-state index contributed by atoms with van der Waals surface area (Å²) in [5.74, 6) is 8.24. The lowest BCUT2D eigenvalue weighted by molar-refractivity contribution is 0.143. The molecule has 0 spiro atoms. The molecule has 1 aliphatic carbocycles. The van der Waals surface area contributed by atoms with Gasteiger partial charge in [-0.05, 0) is 59.2 Å². The molecule has 3 unspecified atom stereocenters. The van der Waals surface area contributed by atoms with Gasteiger partial charge in [0.1, 0.15) is 17.1 Å². The van der Waals surface area contributed by atoms with E-state index in [1.54, 1.807) is 13.8 Å². The highest BCUT2D eigenvalue weighted by molar-refractivity contribution is 7.99. The third kappa shape index (κ3) is 4.76. The molecule has 0 bridgehead atoms. The van der Waals surface area contributed by atoms with Gasteiger partial charge in [0.2, 0.25) is 0 Å². The highest BCUT2D eigenvalue weighted by Crippen LogP contribution is 2.57. The van der Waals surface area contributed by atoms with Crippen LogP contribution in [-0.4, -0.2) is 37.3 Å². The molecule has 3 heterocycles. The van der Waals surface area contributed by atoms with Crippen LogP contribution in [0.2, 0.25) is 0 Å². The normalized spacial score (nSPS) is 25.1. The number of allylic oxidation sites excluding steroid dienone is 4. The van der Waals surface area contributed by atoms with Crippen LogP contribution in [0.1, 0.15) is 58.8 Å². The molecule has 0 saturated heterocycles. The van der Waals surface area contributed by atoms with Crippen LogP contribution in [0.3, 0.4) is 0 Å². The summed E-state index contributed by atoms with van der Waals surface area (Å²) < 4.78 is 2.09. The Labute approximate surface area is 201 Å². The minimum atomic E-state index is -0.997. The number of aliphatic hydroxyl groups is 1. The molecule has 2 aromatic heterocycles. The SMILES string of the molecule is CCn1nc(-c2ccccn2)c2c1NC(C)CSC2C1(C)CC=C(C#CC(C)(C)O)C=C1C. The topological polar surface area (TPSA) is 63.0 Å². The number of nitrogens with zero attached hydrogens (tertiary/aromatic N) is 3. The molecule has 1 aliphatic heterocycles. The molecule has 2 N–H and O–H groups in total. The van der Waals surface area contributed by atoms with Crippen LogP contribution < -0.4 is 5.32 Å². The van der Waals surface area contributed by atoms with E-state index in [1.165, 1.54) is 11.1 Å². The first-order valence-corrected chi connectivity index (χ1v) is 12.7.